The van der Waals surface area contributed by atoms with Crippen molar-refractivity contribution in [2.24, 2.45) is 0 Å². The Balaban J connectivity index is 1.96. The summed E-state index contributed by atoms with van der Waals surface area (Å²) in [4.78, 5) is 8.93. The number of imidazole rings is 1. The van der Waals surface area contributed by atoms with Crippen LogP contribution in [0.1, 0.15) is 13.3 Å². The molecule has 1 heterocycles. The molecule has 1 N–H and O–H groups in total. The Hall–Kier alpha value is -0.870. The first-order valence-corrected chi connectivity index (χ1v) is 4.24. The van der Waals surface area contributed by atoms with Gasteiger partial charge in [-0.05, 0) is 13.3 Å². The molecule has 4 nitrogen and oxygen atoms in total. The molecule has 0 aromatic carbocycles. The molecule has 0 atom stereocenters. The molecule has 1 aromatic rings. The van der Waals surface area contributed by atoms with Gasteiger partial charge in [0.25, 0.3) is 0 Å². The average molecular weight is 169 g/mol. The molecule has 0 saturated carbocycles. The topological polar surface area (TPSA) is 39.1 Å². The number of nitrogens with zero attached hydrogens (tertiary/aromatic N) is 2. The minimum Gasteiger partial charge on any atom is -0.337 e. The van der Waals surface area contributed by atoms with Gasteiger partial charge in [0.15, 0.2) is 0 Å². The summed E-state index contributed by atoms with van der Waals surface area (Å²) in [5, 5.41) is 0. The minimum atomic E-state index is 0.713. The maximum Gasteiger partial charge on any atom is 0.0945 e. The highest BCUT2D eigenvalue weighted by molar-refractivity contribution is 4.73. The van der Waals surface area contributed by atoms with Crippen molar-refractivity contribution in [3.8, 4) is 0 Å². The molecule has 0 unspecified atom stereocenters. The van der Waals surface area contributed by atoms with E-state index in [0.717, 1.165) is 19.5 Å². The van der Waals surface area contributed by atoms with Crippen LogP contribution in [0.15, 0.2) is 18.7 Å². The number of hydrogen-bond acceptors (Lipinski definition) is 3. The second-order valence-electron chi connectivity index (χ2n) is 2.48. The number of aromatic nitrogens is 2. The van der Waals surface area contributed by atoms with Crippen molar-refractivity contribution in [1.82, 2.24) is 15.0 Å². The van der Waals surface area contributed by atoms with Gasteiger partial charge in [-0.3, -0.25) is 0 Å². The molecule has 4 heteroatoms. The lowest BCUT2D eigenvalue weighted by molar-refractivity contribution is 0.0498. The van der Waals surface area contributed by atoms with E-state index in [4.69, 9.17) is 4.84 Å². The summed E-state index contributed by atoms with van der Waals surface area (Å²) in [5.74, 6) is 0. The summed E-state index contributed by atoms with van der Waals surface area (Å²) in [5.41, 5.74) is 2.86. The molecular formula is C8H15N3O. The van der Waals surface area contributed by atoms with Gasteiger partial charge in [-0.1, -0.05) is 0 Å². The molecule has 0 amide bonds. The summed E-state index contributed by atoms with van der Waals surface area (Å²) < 4.78 is 2.05. The van der Waals surface area contributed by atoms with Crippen molar-refractivity contribution >= 4 is 0 Å². The van der Waals surface area contributed by atoms with Gasteiger partial charge in [-0.2, -0.15) is 0 Å². The van der Waals surface area contributed by atoms with Gasteiger partial charge in [0.1, 0.15) is 0 Å². The van der Waals surface area contributed by atoms with Crippen LogP contribution in [0.25, 0.3) is 0 Å². The Labute approximate surface area is 72.5 Å². The third-order valence-corrected chi connectivity index (χ3v) is 1.50. The SMILES string of the molecule is CCONCCCn1ccnc1. The van der Waals surface area contributed by atoms with Crippen LogP contribution in [0, 0.1) is 0 Å². The van der Waals surface area contributed by atoms with Gasteiger partial charge < -0.3 is 9.40 Å². The van der Waals surface area contributed by atoms with Crippen molar-refractivity contribution in [3.05, 3.63) is 18.7 Å². The molecule has 0 aliphatic heterocycles. The normalized spacial score (nSPS) is 10.4. The number of hydrogen-bond donors (Lipinski definition) is 1. The number of rotatable bonds is 6. The third kappa shape index (κ3) is 3.50. The van der Waals surface area contributed by atoms with Crippen molar-refractivity contribution in [2.45, 2.75) is 19.9 Å². The van der Waals surface area contributed by atoms with Crippen LogP contribution in [-0.2, 0) is 11.4 Å². The van der Waals surface area contributed by atoms with Crippen LogP contribution >= 0.6 is 0 Å². The molecule has 0 radical (unpaired) electrons. The molecule has 68 valence electrons. The molecule has 0 saturated heterocycles. The fraction of sp³-hybridized carbons (Fsp3) is 0.625. The van der Waals surface area contributed by atoms with E-state index >= 15 is 0 Å². The summed E-state index contributed by atoms with van der Waals surface area (Å²) in [6.07, 6.45) is 6.62. The Morgan fingerprint density at radius 2 is 2.50 bits per heavy atom. The van der Waals surface area contributed by atoms with Crippen LogP contribution in [0.2, 0.25) is 0 Å². The fourth-order valence-corrected chi connectivity index (χ4v) is 0.927. The molecule has 12 heavy (non-hydrogen) atoms. The van der Waals surface area contributed by atoms with Gasteiger partial charge in [-0.25, -0.2) is 10.5 Å². The average Bonchev–Trinajstić information content (AvgIpc) is 2.57. The van der Waals surface area contributed by atoms with Crippen molar-refractivity contribution in [2.75, 3.05) is 13.2 Å². The highest BCUT2D eigenvalue weighted by atomic mass is 16.6. The predicted octanol–water partition coefficient (Wildman–Crippen LogP) is 0.814. The minimum absolute atomic E-state index is 0.713. The molecule has 1 rings (SSSR count). The zero-order valence-corrected chi connectivity index (χ0v) is 7.36. The third-order valence-electron chi connectivity index (χ3n) is 1.50. The van der Waals surface area contributed by atoms with E-state index in [1.807, 2.05) is 24.0 Å². The molecule has 0 spiro atoms. The van der Waals surface area contributed by atoms with Crippen LogP contribution in [0.3, 0.4) is 0 Å². The first kappa shape index (κ1) is 9.22. The van der Waals surface area contributed by atoms with Gasteiger partial charge >= 0.3 is 0 Å². The van der Waals surface area contributed by atoms with E-state index in [0.29, 0.717) is 6.61 Å². The summed E-state index contributed by atoms with van der Waals surface area (Å²) in [6.45, 7) is 4.54. The van der Waals surface area contributed by atoms with Crippen molar-refractivity contribution in [1.29, 1.82) is 0 Å². The molecule has 0 fully saturated rings. The summed E-state index contributed by atoms with van der Waals surface area (Å²) >= 11 is 0. The Morgan fingerprint density at radius 3 is 3.17 bits per heavy atom. The smallest absolute Gasteiger partial charge is 0.0945 e. The lowest BCUT2D eigenvalue weighted by Gasteiger charge is -2.03. The number of hydroxylamine groups is 1. The van der Waals surface area contributed by atoms with E-state index in [2.05, 4.69) is 10.5 Å². The summed E-state index contributed by atoms with van der Waals surface area (Å²) in [6, 6.07) is 0. The zero-order valence-electron chi connectivity index (χ0n) is 7.36. The lowest BCUT2D eigenvalue weighted by atomic mass is 10.4. The molecule has 0 aliphatic rings. The van der Waals surface area contributed by atoms with Crippen LogP contribution in [-0.4, -0.2) is 22.7 Å². The van der Waals surface area contributed by atoms with Crippen molar-refractivity contribution < 1.29 is 4.84 Å². The molecular weight excluding hydrogens is 154 g/mol. The lowest BCUT2D eigenvalue weighted by Crippen LogP contribution is -2.17. The second-order valence-corrected chi connectivity index (χ2v) is 2.48. The predicted molar refractivity (Wildman–Crippen MR) is 46.5 cm³/mol. The van der Waals surface area contributed by atoms with E-state index in [1.54, 1.807) is 6.20 Å². The molecule has 0 aliphatic carbocycles. The van der Waals surface area contributed by atoms with E-state index < -0.39 is 0 Å². The van der Waals surface area contributed by atoms with E-state index in [9.17, 15) is 0 Å². The number of aryl methyl sites for hydroxylation is 1. The maximum absolute atomic E-state index is 4.98. The Morgan fingerprint density at radius 1 is 1.58 bits per heavy atom. The van der Waals surface area contributed by atoms with Crippen LogP contribution in [0.5, 0.6) is 0 Å². The highest BCUT2D eigenvalue weighted by Crippen LogP contribution is 1.88. The van der Waals surface area contributed by atoms with E-state index in [1.165, 1.54) is 0 Å². The highest BCUT2D eigenvalue weighted by Gasteiger charge is 1.89. The van der Waals surface area contributed by atoms with Gasteiger partial charge in [0.05, 0.1) is 12.9 Å². The maximum atomic E-state index is 4.98. The van der Waals surface area contributed by atoms with Gasteiger partial charge in [-0.15, -0.1) is 0 Å². The molecule has 0 bridgehead atoms. The van der Waals surface area contributed by atoms with Gasteiger partial charge in [0, 0.05) is 25.5 Å². The van der Waals surface area contributed by atoms with Crippen molar-refractivity contribution in [3.63, 3.8) is 0 Å². The standard InChI is InChI=1S/C8H15N3O/c1-2-12-10-4-3-6-11-7-5-9-8-11/h5,7-8,10H,2-4,6H2,1H3. The molecule has 1 aromatic heterocycles. The first-order chi connectivity index (χ1) is 5.93. The summed E-state index contributed by atoms with van der Waals surface area (Å²) in [7, 11) is 0. The monoisotopic (exact) mass is 169 g/mol. The second kappa shape index (κ2) is 5.74. The quantitative estimate of drug-likeness (QED) is 0.506. The van der Waals surface area contributed by atoms with E-state index in [-0.39, 0.29) is 0 Å². The Bertz CT molecular complexity index is 186. The van der Waals surface area contributed by atoms with Crippen LogP contribution < -0.4 is 5.48 Å². The largest absolute Gasteiger partial charge is 0.337 e. The van der Waals surface area contributed by atoms with Gasteiger partial charge in [0.2, 0.25) is 0 Å². The zero-order chi connectivity index (χ0) is 8.65. The fourth-order valence-electron chi connectivity index (χ4n) is 0.927. The Kier molecular flexibility index (Phi) is 4.41. The number of nitrogens with one attached hydrogen (secondary N) is 1. The van der Waals surface area contributed by atoms with Crippen LogP contribution in [0.4, 0.5) is 0 Å². The first-order valence-electron chi connectivity index (χ1n) is 4.24.